The Morgan fingerprint density at radius 2 is 1.95 bits per heavy atom. The molecule has 0 saturated heterocycles. The van der Waals surface area contributed by atoms with Crippen LogP contribution in [0.4, 0.5) is 0 Å². The minimum absolute atomic E-state index is 0.0486. The predicted molar refractivity (Wildman–Crippen MR) is 82.7 cm³/mol. The molecule has 1 aromatic rings. The second-order valence-corrected chi connectivity index (χ2v) is 5.44. The van der Waals surface area contributed by atoms with Crippen LogP contribution in [0.25, 0.3) is 27.9 Å². The monoisotopic (exact) mass is 300 g/mol. The Hall–Kier alpha value is -2.37. The standard InChI is InChI=1S/C17H16O5/c1-8(18)15-11-5-3-4-10-6-14(17(21)9(2)19)22-13(16(10)11)7-12(15)20/h3-7,9,17-19,21H,1-2H3/b15-8-/t9-,17+/m1/s1. The van der Waals surface area contributed by atoms with E-state index in [4.69, 9.17) is 4.42 Å². The summed E-state index contributed by atoms with van der Waals surface area (Å²) in [4.78, 5) is 12.2. The van der Waals surface area contributed by atoms with Crippen molar-refractivity contribution in [2.75, 3.05) is 0 Å². The molecule has 3 N–H and O–H groups in total. The maximum atomic E-state index is 12.2. The summed E-state index contributed by atoms with van der Waals surface area (Å²) >= 11 is 0. The molecule has 1 aromatic carbocycles. The van der Waals surface area contributed by atoms with Gasteiger partial charge >= 0.3 is 0 Å². The molecule has 0 bridgehead atoms. The fourth-order valence-corrected chi connectivity index (χ4v) is 2.72. The van der Waals surface area contributed by atoms with E-state index in [1.54, 1.807) is 18.2 Å². The van der Waals surface area contributed by atoms with Gasteiger partial charge in [-0.05, 0) is 25.3 Å². The molecule has 0 spiro atoms. The number of aliphatic hydroxyl groups excluding tert-OH is 3. The van der Waals surface area contributed by atoms with Gasteiger partial charge in [0.05, 0.1) is 11.3 Å². The van der Waals surface area contributed by atoms with Gasteiger partial charge in [-0.1, -0.05) is 18.2 Å². The van der Waals surface area contributed by atoms with Gasteiger partial charge in [0.15, 0.2) is 5.43 Å². The van der Waals surface area contributed by atoms with E-state index >= 15 is 0 Å². The van der Waals surface area contributed by atoms with Crippen LogP contribution in [0.3, 0.4) is 0 Å². The lowest BCUT2D eigenvalue weighted by Gasteiger charge is -2.17. The Morgan fingerprint density at radius 1 is 1.23 bits per heavy atom. The van der Waals surface area contributed by atoms with Crippen molar-refractivity contribution in [3.05, 3.63) is 51.5 Å². The molecule has 1 aliphatic carbocycles. The van der Waals surface area contributed by atoms with Gasteiger partial charge in [-0.3, -0.25) is 4.79 Å². The van der Waals surface area contributed by atoms with Crippen LogP contribution in [-0.2, 0) is 0 Å². The molecule has 5 nitrogen and oxygen atoms in total. The average Bonchev–Trinajstić information content (AvgIpc) is 2.45. The first kappa shape index (κ1) is 14.6. The number of hydrogen-bond acceptors (Lipinski definition) is 5. The van der Waals surface area contributed by atoms with E-state index in [1.807, 2.05) is 6.07 Å². The SMILES string of the molecule is C/C(O)=c1/c(=O)cc2oc([C@@H](O)[C@@H](C)O)cc3cccc1c3-2. The molecule has 0 radical (unpaired) electrons. The van der Waals surface area contributed by atoms with E-state index in [-0.39, 0.29) is 22.2 Å². The van der Waals surface area contributed by atoms with Gasteiger partial charge in [0.1, 0.15) is 23.4 Å². The molecule has 2 aliphatic rings. The largest absolute Gasteiger partial charge is 0.512 e. The first-order valence-electron chi connectivity index (χ1n) is 6.95. The molecule has 5 heteroatoms. The van der Waals surface area contributed by atoms with Gasteiger partial charge in [0, 0.05) is 17.0 Å². The van der Waals surface area contributed by atoms with E-state index in [0.717, 1.165) is 5.39 Å². The third-order valence-electron chi connectivity index (χ3n) is 3.76. The molecular weight excluding hydrogens is 284 g/mol. The van der Waals surface area contributed by atoms with Crippen molar-refractivity contribution >= 4 is 16.5 Å². The van der Waals surface area contributed by atoms with Crippen LogP contribution in [0, 0.1) is 0 Å². The van der Waals surface area contributed by atoms with Crippen LogP contribution in [-0.4, -0.2) is 21.4 Å². The molecule has 0 aromatic heterocycles. The smallest absolute Gasteiger partial charge is 0.193 e. The molecular formula is C17H16O5. The summed E-state index contributed by atoms with van der Waals surface area (Å²) < 4.78 is 5.60. The van der Waals surface area contributed by atoms with Crippen LogP contribution < -0.4 is 10.6 Å². The summed E-state index contributed by atoms with van der Waals surface area (Å²) in [6.07, 6.45) is -2.17. The van der Waals surface area contributed by atoms with Crippen molar-refractivity contribution in [3.63, 3.8) is 0 Å². The highest BCUT2D eigenvalue weighted by atomic mass is 16.4. The van der Waals surface area contributed by atoms with Crippen LogP contribution in [0.2, 0.25) is 0 Å². The summed E-state index contributed by atoms with van der Waals surface area (Å²) in [6.45, 7) is 2.92. The summed E-state index contributed by atoms with van der Waals surface area (Å²) in [5, 5.41) is 30.9. The molecule has 114 valence electrons. The first-order valence-corrected chi connectivity index (χ1v) is 6.95. The third kappa shape index (κ3) is 2.15. The highest BCUT2D eigenvalue weighted by Gasteiger charge is 2.22. The Balaban J connectivity index is 2.47. The lowest BCUT2D eigenvalue weighted by atomic mass is 9.96. The zero-order valence-corrected chi connectivity index (χ0v) is 12.2. The highest BCUT2D eigenvalue weighted by Crippen LogP contribution is 2.33. The minimum Gasteiger partial charge on any atom is -0.512 e. The van der Waals surface area contributed by atoms with Crippen molar-refractivity contribution in [2.45, 2.75) is 26.1 Å². The van der Waals surface area contributed by atoms with Gasteiger partial charge in [0.2, 0.25) is 0 Å². The van der Waals surface area contributed by atoms with Gasteiger partial charge in [0.25, 0.3) is 0 Å². The number of rotatable bonds is 2. The Kier molecular flexibility index (Phi) is 3.39. The number of benzene rings is 2. The number of hydrogen-bond donors (Lipinski definition) is 3. The molecule has 0 fully saturated rings. The molecule has 2 atom stereocenters. The maximum absolute atomic E-state index is 12.2. The van der Waals surface area contributed by atoms with Crippen molar-refractivity contribution in [3.8, 4) is 11.3 Å². The zero-order chi connectivity index (χ0) is 16.0. The molecule has 0 unspecified atom stereocenters. The topological polar surface area (TPSA) is 90.9 Å². The van der Waals surface area contributed by atoms with Gasteiger partial charge in [-0.25, -0.2) is 0 Å². The summed E-state index contributed by atoms with van der Waals surface area (Å²) in [7, 11) is 0. The van der Waals surface area contributed by atoms with Crippen LogP contribution in [0.15, 0.2) is 39.5 Å². The molecule has 0 amide bonds. The molecule has 3 rings (SSSR count). The first-order chi connectivity index (χ1) is 10.4. The van der Waals surface area contributed by atoms with E-state index in [9.17, 15) is 20.1 Å². The lowest BCUT2D eigenvalue weighted by molar-refractivity contribution is 0.0165. The fraction of sp³-hybridized carbons (Fsp3) is 0.235. The summed E-state index contributed by atoms with van der Waals surface area (Å²) in [5.41, 5.74) is 0.347. The Morgan fingerprint density at radius 3 is 2.59 bits per heavy atom. The minimum atomic E-state index is -1.18. The quantitative estimate of drug-likeness (QED) is 0.670. The summed E-state index contributed by atoms with van der Waals surface area (Å²) in [6, 6.07) is 8.26. The Bertz CT molecular complexity index is 918. The molecule has 1 aliphatic heterocycles. The Labute approximate surface area is 126 Å². The van der Waals surface area contributed by atoms with Gasteiger partial charge in [-0.15, -0.1) is 0 Å². The zero-order valence-electron chi connectivity index (χ0n) is 12.2. The molecule has 1 heterocycles. The predicted octanol–water partition coefficient (Wildman–Crippen LogP) is 1.72. The lowest BCUT2D eigenvalue weighted by Crippen LogP contribution is -2.27. The van der Waals surface area contributed by atoms with E-state index in [0.29, 0.717) is 16.7 Å². The van der Waals surface area contributed by atoms with Crippen molar-refractivity contribution < 1.29 is 19.7 Å². The van der Waals surface area contributed by atoms with E-state index < -0.39 is 12.2 Å². The average molecular weight is 300 g/mol. The van der Waals surface area contributed by atoms with E-state index in [1.165, 1.54) is 19.9 Å². The van der Waals surface area contributed by atoms with Crippen molar-refractivity contribution in [1.29, 1.82) is 0 Å². The van der Waals surface area contributed by atoms with Crippen LogP contribution in [0.5, 0.6) is 0 Å². The normalized spacial score (nSPS) is 16.0. The summed E-state index contributed by atoms with van der Waals surface area (Å²) in [5.74, 6) is 0.456. The van der Waals surface area contributed by atoms with Gasteiger partial charge in [-0.2, -0.15) is 0 Å². The number of aliphatic hydroxyl groups is 3. The second kappa shape index (κ2) is 5.12. The molecule has 22 heavy (non-hydrogen) atoms. The maximum Gasteiger partial charge on any atom is 0.193 e. The van der Waals surface area contributed by atoms with Crippen molar-refractivity contribution in [1.82, 2.24) is 0 Å². The van der Waals surface area contributed by atoms with E-state index in [2.05, 4.69) is 0 Å². The molecule has 0 saturated carbocycles. The highest BCUT2D eigenvalue weighted by molar-refractivity contribution is 5.96. The van der Waals surface area contributed by atoms with Crippen LogP contribution in [0.1, 0.15) is 25.7 Å². The third-order valence-corrected chi connectivity index (χ3v) is 3.76. The van der Waals surface area contributed by atoms with Crippen molar-refractivity contribution in [2.24, 2.45) is 0 Å². The van der Waals surface area contributed by atoms with Gasteiger partial charge < -0.3 is 19.7 Å². The van der Waals surface area contributed by atoms with Crippen LogP contribution >= 0.6 is 0 Å². The second-order valence-electron chi connectivity index (χ2n) is 5.44. The fourth-order valence-electron chi connectivity index (χ4n) is 2.72.